The van der Waals surface area contributed by atoms with Crippen molar-refractivity contribution >= 4 is 8.32 Å². The van der Waals surface area contributed by atoms with Gasteiger partial charge in [0.1, 0.15) is 0 Å². The molecule has 0 aliphatic heterocycles. The van der Waals surface area contributed by atoms with Gasteiger partial charge in [-0.1, -0.05) is 48.5 Å². The zero-order valence-corrected chi connectivity index (χ0v) is 12.1. The predicted octanol–water partition coefficient (Wildman–Crippen LogP) is 4.59. The lowest BCUT2D eigenvalue weighted by molar-refractivity contribution is 0.277. The van der Waals surface area contributed by atoms with E-state index in [1.165, 1.54) is 0 Å². The van der Waals surface area contributed by atoms with Crippen molar-refractivity contribution in [3.05, 3.63) is 0 Å². The van der Waals surface area contributed by atoms with E-state index < -0.39 is 8.32 Å². The van der Waals surface area contributed by atoms with Gasteiger partial charge in [-0.15, -0.1) is 0 Å². The van der Waals surface area contributed by atoms with E-state index in [0.717, 1.165) is 13.0 Å². The molecule has 0 saturated carbocycles. The Bertz CT molecular complexity index is 131. The predicted molar refractivity (Wildman–Crippen MR) is 67.3 cm³/mol. The smallest absolute Gasteiger partial charge is 0.200 e. The Balaban J connectivity index is 4.76. The van der Waals surface area contributed by atoms with Crippen LogP contribution in [0.5, 0.6) is 0 Å². The molecule has 0 amide bonds. The molecule has 0 unspecified atom stereocenters. The van der Waals surface area contributed by atoms with E-state index in [9.17, 15) is 0 Å². The monoisotopic (exact) mass is 216 g/mol. The van der Waals surface area contributed by atoms with Crippen molar-refractivity contribution in [2.75, 3.05) is 6.61 Å². The maximum atomic E-state index is 6.30. The lowest BCUT2D eigenvalue weighted by atomic mass is 10.5. The summed E-state index contributed by atoms with van der Waals surface area (Å²) < 4.78 is 6.30. The molecule has 0 aliphatic rings. The van der Waals surface area contributed by atoms with Crippen molar-refractivity contribution in [1.29, 1.82) is 0 Å². The molecule has 0 saturated heterocycles. The summed E-state index contributed by atoms with van der Waals surface area (Å²) >= 11 is 0. The second-order valence-electron chi connectivity index (χ2n) is 5.17. The van der Waals surface area contributed by atoms with Crippen LogP contribution in [0.2, 0.25) is 16.6 Å². The third-order valence-corrected chi connectivity index (χ3v) is 9.38. The SMILES string of the molecule is CCCO[Si](C(C)C)(C(C)C)C(C)C. The van der Waals surface area contributed by atoms with Crippen LogP contribution in [-0.4, -0.2) is 14.9 Å². The number of rotatable bonds is 6. The Kier molecular flexibility index (Phi) is 5.99. The molecule has 0 aromatic rings. The zero-order chi connectivity index (χ0) is 11.4. The lowest BCUT2D eigenvalue weighted by Gasteiger charge is -2.42. The minimum atomic E-state index is -1.55. The van der Waals surface area contributed by atoms with E-state index in [2.05, 4.69) is 48.5 Å². The van der Waals surface area contributed by atoms with Gasteiger partial charge in [-0.05, 0) is 23.0 Å². The van der Waals surface area contributed by atoms with Crippen LogP contribution in [0.25, 0.3) is 0 Å². The van der Waals surface area contributed by atoms with Gasteiger partial charge >= 0.3 is 0 Å². The van der Waals surface area contributed by atoms with E-state index in [1.54, 1.807) is 0 Å². The first kappa shape index (κ1) is 14.2. The molecule has 0 aromatic carbocycles. The molecule has 0 aromatic heterocycles. The minimum absolute atomic E-state index is 0.717. The van der Waals surface area contributed by atoms with E-state index in [1.807, 2.05) is 0 Å². The van der Waals surface area contributed by atoms with Crippen LogP contribution in [0.15, 0.2) is 0 Å². The number of hydrogen-bond acceptors (Lipinski definition) is 1. The fourth-order valence-electron chi connectivity index (χ4n) is 2.78. The van der Waals surface area contributed by atoms with Gasteiger partial charge in [-0.25, -0.2) is 0 Å². The molecule has 86 valence electrons. The Morgan fingerprint density at radius 3 is 1.43 bits per heavy atom. The van der Waals surface area contributed by atoms with Crippen molar-refractivity contribution in [3.63, 3.8) is 0 Å². The van der Waals surface area contributed by atoms with Gasteiger partial charge in [0.05, 0.1) is 0 Å². The Labute approximate surface area is 91.4 Å². The highest BCUT2D eigenvalue weighted by molar-refractivity contribution is 6.77. The highest BCUT2D eigenvalue weighted by Crippen LogP contribution is 2.42. The van der Waals surface area contributed by atoms with Gasteiger partial charge in [0.15, 0.2) is 8.32 Å². The number of hydrogen-bond donors (Lipinski definition) is 0. The summed E-state index contributed by atoms with van der Waals surface area (Å²) in [6.45, 7) is 17.2. The van der Waals surface area contributed by atoms with Crippen molar-refractivity contribution in [1.82, 2.24) is 0 Å². The van der Waals surface area contributed by atoms with Crippen molar-refractivity contribution in [2.24, 2.45) is 0 Å². The van der Waals surface area contributed by atoms with Crippen molar-refractivity contribution < 1.29 is 4.43 Å². The van der Waals surface area contributed by atoms with Crippen LogP contribution < -0.4 is 0 Å². The van der Waals surface area contributed by atoms with Crippen molar-refractivity contribution in [3.8, 4) is 0 Å². The summed E-state index contributed by atoms with van der Waals surface area (Å²) in [6, 6.07) is 0. The Morgan fingerprint density at radius 1 is 0.857 bits per heavy atom. The van der Waals surface area contributed by atoms with E-state index in [4.69, 9.17) is 4.43 Å². The molecule has 0 rings (SSSR count). The first-order chi connectivity index (χ1) is 6.39. The van der Waals surface area contributed by atoms with Gasteiger partial charge in [0.2, 0.25) is 0 Å². The lowest BCUT2D eigenvalue weighted by Crippen LogP contribution is -2.47. The first-order valence-electron chi connectivity index (χ1n) is 6.03. The molecular formula is C12H28OSi. The molecule has 0 fully saturated rings. The first-order valence-corrected chi connectivity index (χ1v) is 8.17. The van der Waals surface area contributed by atoms with Gasteiger partial charge in [-0.2, -0.15) is 0 Å². The minimum Gasteiger partial charge on any atom is -0.416 e. The highest BCUT2D eigenvalue weighted by atomic mass is 28.4. The molecule has 0 heterocycles. The molecule has 0 N–H and O–H groups in total. The quantitative estimate of drug-likeness (QED) is 0.590. The second-order valence-corrected chi connectivity index (χ2v) is 10.6. The standard InChI is InChI=1S/C12H28OSi/c1-8-9-13-14(10(2)3,11(4)5)12(6)7/h10-12H,8-9H2,1-7H3. The molecule has 1 nitrogen and oxygen atoms in total. The molecule has 0 spiro atoms. The largest absolute Gasteiger partial charge is 0.416 e. The van der Waals surface area contributed by atoms with E-state index in [-0.39, 0.29) is 0 Å². The van der Waals surface area contributed by atoms with Gasteiger partial charge in [-0.3, -0.25) is 0 Å². The third kappa shape index (κ3) is 2.83. The summed E-state index contributed by atoms with van der Waals surface area (Å²) in [5, 5.41) is 0. The summed E-state index contributed by atoms with van der Waals surface area (Å²) in [5.41, 5.74) is 2.15. The summed E-state index contributed by atoms with van der Waals surface area (Å²) in [6.07, 6.45) is 1.14. The fourth-order valence-corrected chi connectivity index (χ4v) is 8.34. The summed E-state index contributed by atoms with van der Waals surface area (Å²) in [4.78, 5) is 0. The molecular weight excluding hydrogens is 188 g/mol. The van der Waals surface area contributed by atoms with E-state index >= 15 is 0 Å². The third-order valence-electron chi connectivity index (χ3n) is 3.26. The molecule has 0 bridgehead atoms. The van der Waals surface area contributed by atoms with Gasteiger partial charge in [0.25, 0.3) is 0 Å². The average molecular weight is 216 g/mol. The summed E-state index contributed by atoms with van der Waals surface area (Å²) in [7, 11) is -1.55. The second kappa shape index (κ2) is 5.91. The highest BCUT2D eigenvalue weighted by Gasteiger charge is 2.44. The van der Waals surface area contributed by atoms with Crippen LogP contribution in [-0.2, 0) is 4.43 Å². The Hall–Kier alpha value is 0.177. The van der Waals surface area contributed by atoms with Gasteiger partial charge in [0, 0.05) is 6.61 Å². The summed E-state index contributed by atoms with van der Waals surface area (Å²) in [5.74, 6) is 0. The van der Waals surface area contributed by atoms with Crippen LogP contribution in [0.1, 0.15) is 54.9 Å². The topological polar surface area (TPSA) is 9.23 Å². The van der Waals surface area contributed by atoms with E-state index in [0.29, 0.717) is 16.6 Å². The maximum absolute atomic E-state index is 6.30. The molecule has 0 radical (unpaired) electrons. The van der Waals surface area contributed by atoms with Crippen LogP contribution in [0, 0.1) is 0 Å². The normalized spacial score (nSPS) is 13.3. The fraction of sp³-hybridized carbons (Fsp3) is 1.00. The Morgan fingerprint density at radius 2 is 1.21 bits per heavy atom. The van der Waals surface area contributed by atoms with Crippen LogP contribution in [0.4, 0.5) is 0 Å². The molecule has 2 heteroatoms. The maximum Gasteiger partial charge on any atom is 0.200 e. The average Bonchev–Trinajstić information content (AvgIpc) is 2.03. The molecule has 0 aliphatic carbocycles. The van der Waals surface area contributed by atoms with Crippen LogP contribution in [0.3, 0.4) is 0 Å². The molecule has 14 heavy (non-hydrogen) atoms. The van der Waals surface area contributed by atoms with Crippen molar-refractivity contribution in [2.45, 2.75) is 71.5 Å². The van der Waals surface area contributed by atoms with Gasteiger partial charge < -0.3 is 4.43 Å². The zero-order valence-electron chi connectivity index (χ0n) is 11.1. The molecule has 0 atom stereocenters. The van der Waals surface area contributed by atoms with Crippen LogP contribution >= 0.6 is 0 Å².